The van der Waals surface area contributed by atoms with E-state index in [1.807, 2.05) is 12.1 Å². The van der Waals surface area contributed by atoms with Gasteiger partial charge in [-0.05, 0) is 55.6 Å². The molecule has 0 aliphatic carbocycles. The van der Waals surface area contributed by atoms with E-state index in [1.165, 1.54) is 39.0 Å². The van der Waals surface area contributed by atoms with Crippen molar-refractivity contribution in [3.8, 4) is 29.0 Å². The predicted octanol–water partition coefficient (Wildman–Crippen LogP) is 7.59. The van der Waals surface area contributed by atoms with Crippen LogP contribution in [0.25, 0.3) is 32.1 Å². The Morgan fingerprint density at radius 2 is 2.04 bits per heavy atom. The van der Waals surface area contributed by atoms with E-state index in [0.717, 1.165) is 24.3 Å². The second-order valence-electron chi connectivity index (χ2n) is 12.2. The molecule has 3 aliphatic heterocycles. The molecule has 2 aromatic heterocycles. The molecule has 258 valence electrons. The maximum absolute atomic E-state index is 16.6. The standard InChI is InChI=1S/C28H19ClF2N6O3S.C7H12FN/c1-12(38)34-13-4-3-5-14(10-13)37-8-9-40-24-20-23(35-28(39-2)36-27(20)37)22(31)19(21(24)29)15-6-7-17(30)25-18(15)16(11-32)26(33)41-25;8-6-4-7-2-1-3-9(7)5-6/h3-7,10H,8-9,33H2,1-2H3,(H,34,38);6-7H,1-5H2. The number of fused-ring (bicyclic) bond motifs is 2. The van der Waals surface area contributed by atoms with Crippen LogP contribution in [0.1, 0.15) is 31.7 Å². The van der Waals surface area contributed by atoms with E-state index in [1.54, 1.807) is 23.1 Å². The molecular formula is C35H31ClF3N7O3S. The second-order valence-corrected chi connectivity index (χ2v) is 13.6. The Balaban J connectivity index is 0.000000375. The number of nitriles is 1. The first kappa shape index (κ1) is 33.6. The van der Waals surface area contributed by atoms with Gasteiger partial charge in [0.15, 0.2) is 17.4 Å². The van der Waals surface area contributed by atoms with Crippen LogP contribution in [0, 0.1) is 23.0 Å². The van der Waals surface area contributed by atoms with Gasteiger partial charge in [-0.1, -0.05) is 23.7 Å². The first-order valence-electron chi connectivity index (χ1n) is 15.9. The number of thiophene rings is 1. The number of nitrogens with one attached hydrogen (secondary N) is 1. The number of alkyl halides is 1. The van der Waals surface area contributed by atoms with Crippen molar-refractivity contribution >= 4 is 72.0 Å². The number of ether oxygens (including phenoxy) is 2. The monoisotopic (exact) mass is 721 g/mol. The van der Waals surface area contributed by atoms with E-state index in [-0.39, 0.29) is 84.3 Å². The molecule has 0 spiro atoms. The van der Waals surface area contributed by atoms with Crippen LogP contribution in [0.15, 0.2) is 36.4 Å². The number of halogens is 4. The summed E-state index contributed by atoms with van der Waals surface area (Å²) < 4.78 is 55.5. The fourth-order valence-electron chi connectivity index (χ4n) is 6.98. The van der Waals surface area contributed by atoms with E-state index in [9.17, 15) is 18.8 Å². The molecule has 0 saturated carbocycles. The number of carbonyl (C=O) groups is 1. The molecule has 2 saturated heterocycles. The number of nitrogens with two attached hydrogens (primary N) is 1. The van der Waals surface area contributed by atoms with Gasteiger partial charge in [0.05, 0.1) is 34.3 Å². The van der Waals surface area contributed by atoms with Crippen molar-refractivity contribution in [3.63, 3.8) is 0 Å². The zero-order valence-corrected chi connectivity index (χ0v) is 28.6. The summed E-state index contributed by atoms with van der Waals surface area (Å²) in [6.07, 6.45) is 2.81. The highest BCUT2D eigenvalue weighted by atomic mass is 35.5. The largest absolute Gasteiger partial charge is 0.489 e. The van der Waals surface area contributed by atoms with Crippen molar-refractivity contribution < 1.29 is 27.4 Å². The molecule has 5 aromatic rings. The number of benzene rings is 3. The molecule has 15 heteroatoms. The number of amides is 1. The minimum Gasteiger partial charge on any atom is -0.489 e. The van der Waals surface area contributed by atoms with Crippen LogP contribution in [0.2, 0.25) is 5.02 Å². The first-order valence-corrected chi connectivity index (χ1v) is 17.1. The van der Waals surface area contributed by atoms with Crippen molar-refractivity contribution in [2.75, 3.05) is 49.3 Å². The van der Waals surface area contributed by atoms with Crippen molar-refractivity contribution in [1.82, 2.24) is 14.9 Å². The molecule has 3 aliphatic rings. The lowest BCUT2D eigenvalue weighted by molar-refractivity contribution is -0.114. The fraction of sp³-hybridized carbons (Fsp3) is 0.314. The van der Waals surface area contributed by atoms with Crippen LogP contribution >= 0.6 is 22.9 Å². The summed E-state index contributed by atoms with van der Waals surface area (Å²) in [6, 6.07) is 12.1. The molecule has 1 amide bonds. The fourth-order valence-corrected chi connectivity index (χ4v) is 8.26. The lowest BCUT2D eigenvalue weighted by Crippen LogP contribution is -2.23. The minimum atomic E-state index is -0.838. The number of carbonyl (C=O) groups excluding carboxylic acids is 1. The number of nitrogen functional groups attached to an aromatic ring is 1. The molecule has 3 N–H and O–H groups in total. The number of methoxy groups -OCH3 is 1. The summed E-state index contributed by atoms with van der Waals surface area (Å²) in [4.78, 5) is 24.5. The summed E-state index contributed by atoms with van der Waals surface area (Å²) in [5, 5.41) is 12.9. The second kappa shape index (κ2) is 13.5. The Morgan fingerprint density at radius 3 is 2.78 bits per heavy atom. The summed E-state index contributed by atoms with van der Waals surface area (Å²) in [6.45, 7) is 3.66. The van der Waals surface area contributed by atoms with Crippen LogP contribution in [0.5, 0.6) is 11.8 Å². The average molecular weight is 722 g/mol. The van der Waals surface area contributed by atoms with Crippen LogP contribution in [-0.4, -0.2) is 66.3 Å². The number of nitrogens with zero attached hydrogens (tertiary/aromatic N) is 5. The zero-order chi connectivity index (χ0) is 35.3. The number of anilines is 4. The molecule has 2 atom stereocenters. The first-order chi connectivity index (χ1) is 24.1. The molecule has 3 aromatic carbocycles. The van der Waals surface area contributed by atoms with Gasteiger partial charge in [0, 0.05) is 41.8 Å². The average Bonchev–Trinajstić information content (AvgIpc) is 3.73. The van der Waals surface area contributed by atoms with E-state index >= 15 is 4.39 Å². The van der Waals surface area contributed by atoms with Gasteiger partial charge in [-0.25, -0.2) is 13.2 Å². The van der Waals surface area contributed by atoms with Gasteiger partial charge in [-0.15, -0.1) is 11.3 Å². The summed E-state index contributed by atoms with van der Waals surface area (Å²) in [5.41, 5.74) is 7.12. The quantitative estimate of drug-likeness (QED) is 0.193. The normalized spacial score (nSPS) is 18.2. The van der Waals surface area contributed by atoms with Gasteiger partial charge in [-0.3, -0.25) is 9.69 Å². The summed E-state index contributed by atoms with van der Waals surface area (Å²) in [5.74, 6) is -1.28. The van der Waals surface area contributed by atoms with E-state index in [4.69, 9.17) is 26.8 Å². The molecule has 50 heavy (non-hydrogen) atoms. The van der Waals surface area contributed by atoms with Gasteiger partial charge in [0.25, 0.3) is 0 Å². The molecule has 0 bridgehead atoms. The third-order valence-corrected chi connectivity index (χ3v) is 10.5. The maximum Gasteiger partial charge on any atom is 0.318 e. The van der Waals surface area contributed by atoms with Crippen LogP contribution < -0.4 is 25.4 Å². The Kier molecular flexibility index (Phi) is 9.06. The molecule has 2 fully saturated rings. The highest BCUT2D eigenvalue weighted by Gasteiger charge is 2.35. The highest BCUT2D eigenvalue weighted by molar-refractivity contribution is 7.23. The van der Waals surface area contributed by atoms with Crippen LogP contribution in [-0.2, 0) is 4.79 Å². The van der Waals surface area contributed by atoms with Crippen molar-refractivity contribution in [3.05, 3.63) is 58.6 Å². The molecule has 2 unspecified atom stereocenters. The Hall–Kier alpha value is -4.84. The van der Waals surface area contributed by atoms with Gasteiger partial charge < -0.3 is 25.4 Å². The van der Waals surface area contributed by atoms with Crippen LogP contribution in [0.3, 0.4) is 0 Å². The Labute approximate surface area is 294 Å². The molecule has 8 rings (SSSR count). The van der Waals surface area contributed by atoms with Crippen molar-refractivity contribution in [2.24, 2.45) is 0 Å². The number of aromatic nitrogens is 2. The number of rotatable bonds is 4. The van der Waals surface area contributed by atoms with Gasteiger partial charge >= 0.3 is 6.01 Å². The topological polar surface area (TPSA) is 130 Å². The molecule has 0 radical (unpaired) electrons. The smallest absolute Gasteiger partial charge is 0.318 e. The number of hydrogen-bond donors (Lipinski definition) is 2. The lowest BCUT2D eigenvalue weighted by atomic mass is 9.96. The van der Waals surface area contributed by atoms with E-state index in [0.29, 0.717) is 24.0 Å². The van der Waals surface area contributed by atoms with Gasteiger partial charge in [0.1, 0.15) is 35.2 Å². The zero-order valence-electron chi connectivity index (χ0n) is 27.0. The van der Waals surface area contributed by atoms with E-state index < -0.39 is 17.8 Å². The number of hydrogen-bond acceptors (Lipinski definition) is 10. The SMILES string of the molecule is COc1nc2c3c(c(Cl)c(-c4ccc(F)c5sc(N)c(C#N)c45)c(F)c3n1)OCCN2c1cccc(NC(C)=O)c1.FC1CC2CCCN2C1. The molecular weight excluding hydrogens is 691 g/mol. The highest BCUT2D eigenvalue weighted by Crippen LogP contribution is 2.51. The van der Waals surface area contributed by atoms with Gasteiger partial charge in [-0.2, -0.15) is 15.2 Å². The van der Waals surface area contributed by atoms with Gasteiger partial charge in [0.2, 0.25) is 5.91 Å². The third-order valence-electron chi connectivity index (χ3n) is 9.08. The Bertz CT molecular complexity index is 2200. The van der Waals surface area contributed by atoms with E-state index in [2.05, 4.69) is 20.2 Å². The summed E-state index contributed by atoms with van der Waals surface area (Å²) >= 11 is 7.77. The summed E-state index contributed by atoms with van der Waals surface area (Å²) in [7, 11) is 1.36. The Morgan fingerprint density at radius 1 is 1.22 bits per heavy atom. The van der Waals surface area contributed by atoms with Crippen molar-refractivity contribution in [1.29, 1.82) is 5.26 Å². The lowest BCUT2D eigenvalue weighted by Gasteiger charge is -2.23. The third kappa shape index (κ3) is 5.89. The van der Waals surface area contributed by atoms with Crippen molar-refractivity contribution in [2.45, 2.75) is 38.4 Å². The van der Waals surface area contributed by atoms with Crippen LogP contribution in [0.4, 0.5) is 35.4 Å². The maximum atomic E-state index is 16.6. The molecule has 5 heterocycles. The predicted molar refractivity (Wildman–Crippen MR) is 188 cm³/mol. The minimum absolute atomic E-state index is 0.0213. The molecule has 10 nitrogen and oxygen atoms in total.